The number of nitrogens with zero attached hydrogens (tertiary/aromatic N) is 3. The Morgan fingerprint density at radius 3 is 2.69 bits per heavy atom. The zero-order valence-electron chi connectivity index (χ0n) is 16.7. The molecule has 0 saturated carbocycles. The molecule has 29 heavy (non-hydrogen) atoms. The van der Waals surface area contributed by atoms with Crippen molar-refractivity contribution in [2.24, 2.45) is 0 Å². The normalized spacial score (nSPS) is 22.4. The molecule has 1 spiro atoms. The topological polar surface area (TPSA) is 55.9 Å². The third-order valence-electron chi connectivity index (χ3n) is 5.94. The van der Waals surface area contributed by atoms with Crippen LogP contribution >= 0.6 is 0 Å². The number of carbonyl (C=O) groups excluding carboxylic acids is 2. The molecule has 2 aromatic carbocycles. The summed E-state index contributed by atoms with van der Waals surface area (Å²) >= 11 is 0. The van der Waals surface area contributed by atoms with E-state index >= 15 is 0 Å². The molecule has 1 N–H and O–H groups in total. The smallest absolute Gasteiger partial charge is 0.321 e. The second kappa shape index (κ2) is 7.48. The maximum atomic E-state index is 13.7. The fourth-order valence-electron chi connectivity index (χ4n) is 4.23. The Hall–Kier alpha value is -2.93. The van der Waals surface area contributed by atoms with Gasteiger partial charge < -0.3 is 15.1 Å². The number of rotatable bonds is 2. The highest BCUT2D eigenvalue weighted by molar-refractivity contribution is 5.96. The largest absolute Gasteiger partial charge is 0.323 e. The number of urea groups is 1. The van der Waals surface area contributed by atoms with Crippen molar-refractivity contribution in [2.75, 3.05) is 43.4 Å². The molecule has 1 atom stereocenters. The van der Waals surface area contributed by atoms with Gasteiger partial charge in [-0.15, -0.1) is 0 Å². The highest BCUT2D eigenvalue weighted by Crippen LogP contribution is 2.33. The lowest BCUT2D eigenvalue weighted by molar-refractivity contribution is -0.123. The highest BCUT2D eigenvalue weighted by atomic mass is 19.1. The maximum Gasteiger partial charge on any atom is 0.321 e. The van der Waals surface area contributed by atoms with E-state index in [1.54, 1.807) is 21.9 Å². The van der Waals surface area contributed by atoms with E-state index in [9.17, 15) is 14.0 Å². The van der Waals surface area contributed by atoms with Crippen LogP contribution in [0.3, 0.4) is 0 Å². The number of carbonyl (C=O) groups is 2. The molecular weight excluding hydrogens is 371 g/mol. The van der Waals surface area contributed by atoms with E-state index in [4.69, 9.17) is 0 Å². The number of hydrogen-bond donors (Lipinski definition) is 1. The first-order chi connectivity index (χ1) is 13.9. The van der Waals surface area contributed by atoms with Crippen molar-refractivity contribution in [3.05, 3.63) is 59.9 Å². The lowest BCUT2D eigenvalue weighted by atomic mass is 9.92. The number of aryl methyl sites for hydroxylation is 1. The van der Waals surface area contributed by atoms with Gasteiger partial charge in [-0.05, 0) is 56.3 Å². The molecule has 7 heteroatoms. The average molecular weight is 396 g/mol. The number of piperazine rings is 1. The standard InChI is InChI=1S/C22H25FN4O2/c1-16-5-3-7-18(11-16)24-21(29)26-10-9-22(14-26)15-27(20(28)13-25(22)2)19-8-4-6-17(23)12-19/h3-8,11-12H,9-10,13-15H2,1-2H3,(H,24,29)/t22-/m1/s1. The van der Waals surface area contributed by atoms with Crippen molar-refractivity contribution < 1.29 is 14.0 Å². The molecule has 2 aliphatic rings. The molecule has 0 radical (unpaired) electrons. The highest BCUT2D eigenvalue weighted by Gasteiger charge is 2.48. The zero-order chi connectivity index (χ0) is 20.6. The van der Waals surface area contributed by atoms with Crippen molar-refractivity contribution in [3.63, 3.8) is 0 Å². The third kappa shape index (κ3) is 3.82. The first-order valence-electron chi connectivity index (χ1n) is 9.76. The van der Waals surface area contributed by atoms with Crippen LogP contribution in [0.5, 0.6) is 0 Å². The van der Waals surface area contributed by atoms with E-state index in [1.165, 1.54) is 12.1 Å². The van der Waals surface area contributed by atoms with E-state index in [-0.39, 0.29) is 29.8 Å². The van der Waals surface area contributed by atoms with Gasteiger partial charge in [0.25, 0.3) is 0 Å². The minimum absolute atomic E-state index is 0.0635. The minimum Gasteiger partial charge on any atom is -0.323 e. The number of nitrogens with one attached hydrogen (secondary N) is 1. The molecule has 6 nitrogen and oxygen atoms in total. The van der Waals surface area contributed by atoms with Gasteiger partial charge >= 0.3 is 6.03 Å². The van der Waals surface area contributed by atoms with Crippen LogP contribution in [-0.4, -0.2) is 60.5 Å². The minimum atomic E-state index is -0.367. The van der Waals surface area contributed by atoms with Crippen LogP contribution in [0.2, 0.25) is 0 Å². The molecule has 0 aromatic heterocycles. The van der Waals surface area contributed by atoms with Gasteiger partial charge in [0.1, 0.15) is 5.82 Å². The first kappa shape index (κ1) is 19.4. The molecular formula is C22H25FN4O2. The quantitative estimate of drug-likeness (QED) is 0.849. The summed E-state index contributed by atoms with van der Waals surface area (Å²) in [6, 6.07) is 13.7. The molecule has 0 aliphatic carbocycles. The van der Waals surface area contributed by atoms with Gasteiger partial charge in [-0.2, -0.15) is 0 Å². The Bertz CT molecular complexity index is 950. The zero-order valence-corrected chi connectivity index (χ0v) is 16.7. The molecule has 2 saturated heterocycles. The van der Waals surface area contributed by atoms with E-state index in [1.807, 2.05) is 43.1 Å². The van der Waals surface area contributed by atoms with E-state index in [2.05, 4.69) is 5.32 Å². The number of hydrogen-bond acceptors (Lipinski definition) is 3. The number of halogens is 1. The predicted octanol–water partition coefficient (Wildman–Crippen LogP) is 3.09. The molecule has 2 aromatic rings. The van der Waals surface area contributed by atoms with Gasteiger partial charge in [0.15, 0.2) is 0 Å². The number of amides is 3. The van der Waals surface area contributed by atoms with Crippen molar-refractivity contribution in [1.82, 2.24) is 9.80 Å². The van der Waals surface area contributed by atoms with Crippen LogP contribution in [0.1, 0.15) is 12.0 Å². The number of likely N-dealkylation sites (N-methyl/N-ethyl adjacent to an activating group) is 1. The summed E-state index contributed by atoms with van der Waals surface area (Å²) in [5.41, 5.74) is 2.07. The predicted molar refractivity (Wildman–Crippen MR) is 111 cm³/mol. The fourth-order valence-corrected chi connectivity index (χ4v) is 4.23. The number of benzene rings is 2. The van der Waals surface area contributed by atoms with Crippen LogP contribution < -0.4 is 10.2 Å². The van der Waals surface area contributed by atoms with Crippen LogP contribution in [0.15, 0.2) is 48.5 Å². The number of anilines is 2. The fraction of sp³-hybridized carbons (Fsp3) is 0.364. The summed E-state index contributed by atoms with van der Waals surface area (Å²) < 4.78 is 13.7. The summed E-state index contributed by atoms with van der Waals surface area (Å²) in [6.45, 7) is 3.77. The molecule has 152 valence electrons. The molecule has 2 heterocycles. The van der Waals surface area contributed by atoms with Gasteiger partial charge in [0, 0.05) is 31.0 Å². The summed E-state index contributed by atoms with van der Waals surface area (Å²) in [4.78, 5) is 30.9. The van der Waals surface area contributed by atoms with Gasteiger partial charge in [0.2, 0.25) is 5.91 Å². The second-order valence-electron chi connectivity index (χ2n) is 8.01. The Morgan fingerprint density at radius 2 is 1.93 bits per heavy atom. The Morgan fingerprint density at radius 1 is 1.14 bits per heavy atom. The van der Waals surface area contributed by atoms with Crippen molar-refractivity contribution in [1.29, 1.82) is 0 Å². The van der Waals surface area contributed by atoms with Gasteiger partial charge in [0.05, 0.1) is 12.1 Å². The lowest BCUT2D eigenvalue weighted by Gasteiger charge is -2.46. The maximum absolute atomic E-state index is 13.7. The number of likely N-dealkylation sites (tertiary alicyclic amines) is 1. The monoisotopic (exact) mass is 396 g/mol. The van der Waals surface area contributed by atoms with E-state index in [0.717, 1.165) is 17.7 Å². The summed E-state index contributed by atoms with van der Waals surface area (Å²) in [6.07, 6.45) is 0.754. The van der Waals surface area contributed by atoms with E-state index in [0.29, 0.717) is 25.3 Å². The van der Waals surface area contributed by atoms with Gasteiger partial charge in [-0.25, -0.2) is 9.18 Å². The first-order valence-corrected chi connectivity index (χ1v) is 9.76. The van der Waals surface area contributed by atoms with Crippen LogP contribution in [-0.2, 0) is 4.79 Å². The summed E-state index contributed by atoms with van der Waals surface area (Å²) in [5.74, 6) is -0.430. The van der Waals surface area contributed by atoms with Gasteiger partial charge in [-0.3, -0.25) is 9.69 Å². The van der Waals surface area contributed by atoms with Crippen LogP contribution in [0, 0.1) is 12.7 Å². The van der Waals surface area contributed by atoms with Crippen molar-refractivity contribution >= 4 is 23.3 Å². The third-order valence-corrected chi connectivity index (χ3v) is 5.94. The SMILES string of the molecule is Cc1cccc(NC(=O)N2CC[C@@]3(C2)CN(c2cccc(F)c2)C(=O)CN3C)c1. The van der Waals surface area contributed by atoms with Gasteiger partial charge in [-0.1, -0.05) is 18.2 Å². The van der Waals surface area contributed by atoms with Crippen LogP contribution in [0.4, 0.5) is 20.6 Å². The summed E-state index contributed by atoms with van der Waals surface area (Å²) in [7, 11) is 1.92. The average Bonchev–Trinajstić information content (AvgIpc) is 3.10. The molecule has 4 rings (SSSR count). The molecule has 2 fully saturated rings. The van der Waals surface area contributed by atoms with Crippen molar-refractivity contribution in [3.8, 4) is 0 Å². The molecule has 0 bridgehead atoms. The molecule has 0 unspecified atom stereocenters. The molecule has 3 amide bonds. The Labute approximate surface area is 169 Å². The molecule has 2 aliphatic heterocycles. The lowest BCUT2D eigenvalue weighted by Crippen LogP contribution is -2.64. The Kier molecular flexibility index (Phi) is 5.00. The second-order valence-corrected chi connectivity index (χ2v) is 8.01. The van der Waals surface area contributed by atoms with Crippen LogP contribution in [0.25, 0.3) is 0 Å². The van der Waals surface area contributed by atoms with E-state index < -0.39 is 0 Å². The summed E-state index contributed by atoms with van der Waals surface area (Å²) in [5, 5.41) is 2.96. The Balaban J connectivity index is 1.50. The van der Waals surface area contributed by atoms with Crippen molar-refractivity contribution in [2.45, 2.75) is 18.9 Å².